The number of carbonyl (C=O) groups is 1. The normalized spacial score (nSPS) is 21.5. The van der Waals surface area contributed by atoms with E-state index in [1.54, 1.807) is 24.5 Å². The lowest BCUT2D eigenvalue weighted by molar-refractivity contribution is -0.147. The molecule has 1 fully saturated rings. The third-order valence-corrected chi connectivity index (χ3v) is 4.06. The maximum atomic E-state index is 11.6. The molecule has 1 aromatic heterocycles. The van der Waals surface area contributed by atoms with Crippen LogP contribution < -0.4 is 10.5 Å². The van der Waals surface area contributed by atoms with Crippen molar-refractivity contribution in [2.75, 3.05) is 12.8 Å². The van der Waals surface area contributed by atoms with Crippen LogP contribution >= 0.6 is 0 Å². The Morgan fingerprint density at radius 3 is 2.64 bits per heavy atom. The molecule has 22 heavy (non-hydrogen) atoms. The summed E-state index contributed by atoms with van der Waals surface area (Å²) in [6, 6.07) is 3.56. The fraction of sp³-hybridized carbons (Fsp3) is 0.438. The van der Waals surface area contributed by atoms with Crippen molar-refractivity contribution in [3.8, 4) is 5.75 Å². The Morgan fingerprint density at radius 1 is 1.18 bits per heavy atom. The highest BCUT2D eigenvalue weighted by Crippen LogP contribution is 2.32. The van der Waals surface area contributed by atoms with Gasteiger partial charge in [-0.05, 0) is 31.7 Å². The molecule has 0 aliphatic heterocycles. The summed E-state index contributed by atoms with van der Waals surface area (Å²) >= 11 is 0. The van der Waals surface area contributed by atoms with Crippen LogP contribution in [0.15, 0.2) is 24.5 Å². The second kappa shape index (κ2) is 6.17. The van der Waals surface area contributed by atoms with Gasteiger partial charge in [-0.15, -0.1) is 0 Å². The molecule has 1 saturated carbocycles. The van der Waals surface area contributed by atoms with E-state index in [0.29, 0.717) is 17.0 Å². The lowest BCUT2D eigenvalue weighted by atomic mass is 9.87. The van der Waals surface area contributed by atoms with E-state index in [9.17, 15) is 4.79 Å². The number of rotatable bonds is 3. The number of nitrogens with zero attached hydrogens (tertiary/aromatic N) is 2. The highest BCUT2D eigenvalue weighted by molar-refractivity contribution is 5.84. The Hall–Kier alpha value is -2.37. The molecule has 1 aliphatic rings. The molecular formula is C16H19N3O3. The predicted octanol–water partition coefficient (Wildman–Crippen LogP) is 2.32. The average molecular weight is 301 g/mol. The Morgan fingerprint density at radius 2 is 1.91 bits per heavy atom. The highest BCUT2D eigenvalue weighted by Gasteiger charge is 2.28. The van der Waals surface area contributed by atoms with Gasteiger partial charge in [-0.1, -0.05) is 0 Å². The first kappa shape index (κ1) is 14.6. The summed E-state index contributed by atoms with van der Waals surface area (Å²) in [4.78, 5) is 20.1. The molecule has 0 radical (unpaired) electrons. The van der Waals surface area contributed by atoms with Gasteiger partial charge < -0.3 is 15.2 Å². The Labute approximate surface area is 128 Å². The number of fused-ring (bicyclic) bond motifs is 1. The molecule has 0 spiro atoms. The molecule has 1 aliphatic carbocycles. The number of anilines is 1. The first-order chi connectivity index (χ1) is 10.7. The van der Waals surface area contributed by atoms with Crippen LogP contribution in [0, 0.1) is 5.92 Å². The zero-order chi connectivity index (χ0) is 15.5. The van der Waals surface area contributed by atoms with Crippen molar-refractivity contribution in [3.63, 3.8) is 0 Å². The van der Waals surface area contributed by atoms with Crippen LogP contribution in [0.25, 0.3) is 11.0 Å². The molecule has 116 valence electrons. The van der Waals surface area contributed by atoms with E-state index in [1.807, 2.05) is 0 Å². The van der Waals surface area contributed by atoms with E-state index >= 15 is 0 Å². The van der Waals surface area contributed by atoms with Gasteiger partial charge in [0.15, 0.2) is 0 Å². The number of nitrogen functional groups attached to an aromatic ring is 1. The predicted molar refractivity (Wildman–Crippen MR) is 82.3 cm³/mol. The molecule has 0 unspecified atom stereocenters. The lowest BCUT2D eigenvalue weighted by Crippen LogP contribution is -2.28. The van der Waals surface area contributed by atoms with E-state index in [2.05, 4.69) is 9.97 Å². The van der Waals surface area contributed by atoms with Crippen LogP contribution in [-0.2, 0) is 9.53 Å². The summed E-state index contributed by atoms with van der Waals surface area (Å²) in [5, 5.41) is 0. The molecule has 0 saturated heterocycles. The number of aromatic nitrogens is 2. The Bertz CT molecular complexity index is 681. The fourth-order valence-electron chi connectivity index (χ4n) is 2.92. The molecule has 2 N–H and O–H groups in total. The molecule has 6 heteroatoms. The number of esters is 1. The van der Waals surface area contributed by atoms with Crippen LogP contribution in [0.1, 0.15) is 25.7 Å². The third kappa shape index (κ3) is 2.95. The lowest BCUT2D eigenvalue weighted by Gasteiger charge is -2.27. The number of hydrogen-bond acceptors (Lipinski definition) is 6. The monoisotopic (exact) mass is 301 g/mol. The van der Waals surface area contributed by atoms with Gasteiger partial charge in [-0.3, -0.25) is 9.78 Å². The van der Waals surface area contributed by atoms with Gasteiger partial charge in [0.25, 0.3) is 0 Å². The maximum absolute atomic E-state index is 11.6. The quantitative estimate of drug-likeness (QED) is 0.691. The molecule has 0 atom stereocenters. The van der Waals surface area contributed by atoms with E-state index in [1.165, 1.54) is 7.11 Å². The second-order valence-electron chi connectivity index (χ2n) is 5.56. The molecule has 0 amide bonds. The number of methoxy groups -OCH3 is 1. The van der Waals surface area contributed by atoms with Gasteiger partial charge in [-0.25, -0.2) is 4.98 Å². The van der Waals surface area contributed by atoms with Crippen molar-refractivity contribution in [2.45, 2.75) is 31.8 Å². The molecular weight excluding hydrogens is 282 g/mol. The minimum Gasteiger partial charge on any atom is -0.488 e. The Balaban J connectivity index is 1.73. The molecule has 1 heterocycles. The van der Waals surface area contributed by atoms with Gasteiger partial charge in [0.05, 0.1) is 24.6 Å². The number of benzene rings is 1. The van der Waals surface area contributed by atoms with Crippen molar-refractivity contribution >= 4 is 22.7 Å². The number of nitrogens with two attached hydrogens (primary N) is 1. The summed E-state index contributed by atoms with van der Waals surface area (Å²) < 4.78 is 10.9. The maximum Gasteiger partial charge on any atom is 0.308 e. The van der Waals surface area contributed by atoms with Gasteiger partial charge in [-0.2, -0.15) is 0 Å². The van der Waals surface area contributed by atoms with Crippen molar-refractivity contribution < 1.29 is 14.3 Å². The number of ether oxygens (including phenoxy) is 2. The second-order valence-corrected chi connectivity index (χ2v) is 5.56. The highest BCUT2D eigenvalue weighted by atomic mass is 16.5. The summed E-state index contributed by atoms with van der Waals surface area (Å²) in [5.74, 6) is 0.519. The van der Waals surface area contributed by atoms with Crippen molar-refractivity contribution in [1.82, 2.24) is 9.97 Å². The van der Waals surface area contributed by atoms with Crippen LogP contribution in [0.4, 0.5) is 5.69 Å². The zero-order valence-corrected chi connectivity index (χ0v) is 12.5. The SMILES string of the molecule is COC(=O)C1CCC(Oc2cc(N)cc3nccnc23)CC1. The fourth-order valence-corrected chi connectivity index (χ4v) is 2.92. The molecule has 0 bridgehead atoms. The van der Waals surface area contributed by atoms with Gasteiger partial charge in [0.1, 0.15) is 11.3 Å². The summed E-state index contributed by atoms with van der Waals surface area (Å²) in [5.41, 5.74) is 7.94. The number of hydrogen-bond donors (Lipinski definition) is 1. The zero-order valence-electron chi connectivity index (χ0n) is 12.5. The molecule has 6 nitrogen and oxygen atoms in total. The smallest absolute Gasteiger partial charge is 0.308 e. The van der Waals surface area contributed by atoms with Crippen LogP contribution in [-0.4, -0.2) is 29.2 Å². The van der Waals surface area contributed by atoms with Gasteiger partial charge in [0.2, 0.25) is 0 Å². The topological polar surface area (TPSA) is 87.3 Å². The summed E-state index contributed by atoms with van der Waals surface area (Å²) in [6.45, 7) is 0. The van der Waals surface area contributed by atoms with Crippen LogP contribution in [0.5, 0.6) is 5.75 Å². The van der Waals surface area contributed by atoms with E-state index in [-0.39, 0.29) is 18.0 Å². The van der Waals surface area contributed by atoms with Crippen molar-refractivity contribution in [1.29, 1.82) is 0 Å². The molecule has 3 rings (SSSR count). The molecule has 2 aromatic rings. The van der Waals surface area contributed by atoms with Gasteiger partial charge in [0, 0.05) is 24.1 Å². The number of carbonyl (C=O) groups excluding carboxylic acids is 1. The summed E-state index contributed by atoms with van der Waals surface area (Å²) in [7, 11) is 1.43. The third-order valence-electron chi connectivity index (χ3n) is 4.06. The average Bonchev–Trinajstić information content (AvgIpc) is 2.54. The Kier molecular flexibility index (Phi) is 4.09. The minimum absolute atomic E-state index is 0.0118. The van der Waals surface area contributed by atoms with Crippen LogP contribution in [0.3, 0.4) is 0 Å². The molecule has 1 aromatic carbocycles. The van der Waals surface area contributed by atoms with Crippen molar-refractivity contribution in [3.05, 3.63) is 24.5 Å². The van der Waals surface area contributed by atoms with Gasteiger partial charge >= 0.3 is 5.97 Å². The first-order valence-corrected chi connectivity index (χ1v) is 7.42. The minimum atomic E-state index is -0.126. The summed E-state index contributed by atoms with van der Waals surface area (Å²) in [6.07, 6.45) is 6.53. The van der Waals surface area contributed by atoms with E-state index < -0.39 is 0 Å². The first-order valence-electron chi connectivity index (χ1n) is 7.42. The van der Waals surface area contributed by atoms with Crippen molar-refractivity contribution in [2.24, 2.45) is 5.92 Å². The van der Waals surface area contributed by atoms with E-state index in [0.717, 1.165) is 31.2 Å². The van der Waals surface area contributed by atoms with E-state index in [4.69, 9.17) is 15.2 Å². The largest absolute Gasteiger partial charge is 0.488 e. The van der Waals surface area contributed by atoms with Crippen LogP contribution in [0.2, 0.25) is 0 Å². The standard InChI is InChI=1S/C16H19N3O3/c1-21-16(20)10-2-4-12(5-3-10)22-14-9-11(17)8-13-15(14)19-7-6-18-13/h6-10,12H,2-5,17H2,1H3.